The van der Waals surface area contributed by atoms with Crippen LogP contribution in [0.15, 0.2) is 43.0 Å². The molecular weight excluding hydrogens is 208 g/mol. The Kier molecular flexibility index (Phi) is 2.81. The summed E-state index contributed by atoms with van der Waals surface area (Å²) in [6, 6.07) is 12.2. The smallest absolute Gasteiger partial charge is 0.151 e. The maximum Gasteiger partial charge on any atom is 0.151 e. The van der Waals surface area contributed by atoms with Gasteiger partial charge >= 0.3 is 0 Å². The number of hydrogen-bond donors (Lipinski definition) is 0. The van der Waals surface area contributed by atoms with Crippen molar-refractivity contribution in [3.8, 4) is 12.1 Å². The van der Waals surface area contributed by atoms with Crippen LogP contribution in [0.4, 0.5) is 0 Å². The monoisotopic (exact) mass is 220 g/mol. The van der Waals surface area contributed by atoms with Crippen LogP contribution in [-0.2, 0) is 6.42 Å². The average Bonchev–Trinajstić information content (AvgIpc) is 2.55. The summed E-state index contributed by atoms with van der Waals surface area (Å²) >= 11 is 0. The first-order valence-corrected chi connectivity index (χ1v) is 5.48. The first kappa shape index (κ1) is 11.2. The van der Waals surface area contributed by atoms with Crippen molar-refractivity contribution in [1.29, 1.82) is 10.5 Å². The molecule has 17 heavy (non-hydrogen) atoms. The van der Waals surface area contributed by atoms with Gasteiger partial charge in [-0.05, 0) is 23.1 Å². The third kappa shape index (κ3) is 1.86. The first-order chi connectivity index (χ1) is 8.24. The van der Waals surface area contributed by atoms with E-state index in [1.54, 1.807) is 6.08 Å². The van der Waals surface area contributed by atoms with Gasteiger partial charge in [0.15, 0.2) is 5.41 Å². The zero-order valence-corrected chi connectivity index (χ0v) is 9.48. The van der Waals surface area contributed by atoms with Crippen LogP contribution < -0.4 is 0 Å². The van der Waals surface area contributed by atoms with Crippen molar-refractivity contribution in [3.05, 3.63) is 54.1 Å². The Balaban J connectivity index is 2.61. The molecule has 82 valence electrons. The Morgan fingerprint density at radius 1 is 1.24 bits per heavy atom. The van der Waals surface area contributed by atoms with E-state index in [-0.39, 0.29) is 0 Å². The van der Waals surface area contributed by atoms with Crippen LogP contribution in [0.1, 0.15) is 17.5 Å². The van der Waals surface area contributed by atoms with Gasteiger partial charge in [-0.15, -0.1) is 0 Å². The predicted octanol–water partition coefficient (Wildman–Crippen LogP) is 3.24. The number of fused-ring (bicyclic) bond motifs is 1. The van der Waals surface area contributed by atoms with Gasteiger partial charge in [0, 0.05) is 6.42 Å². The molecule has 0 saturated carbocycles. The number of nitriles is 2. The Bertz CT molecular complexity index is 553. The summed E-state index contributed by atoms with van der Waals surface area (Å²) < 4.78 is 0. The highest BCUT2D eigenvalue weighted by atomic mass is 14.4. The average molecular weight is 220 g/mol. The van der Waals surface area contributed by atoms with E-state index in [9.17, 15) is 10.5 Å². The van der Waals surface area contributed by atoms with Crippen LogP contribution in [0.5, 0.6) is 0 Å². The second kappa shape index (κ2) is 4.28. The maximum atomic E-state index is 9.22. The summed E-state index contributed by atoms with van der Waals surface area (Å²) in [5.74, 6) is 0. The number of rotatable bonds is 1. The molecule has 2 nitrogen and oxygen atoms in total. The maximum absolute atomic E-state index is 9.22. The molecule has 0 atom stereocenters. The molecule has 1 aromatic rings. The van der Waals surface area contributed by atoms with Gasteiger partial charge in [-0.25, -0.2) is 0 Å². The van der Waals surface area contributed by atoms with Crippen LogP contribution in [-0.4, -0.2) is 0 Å². The van der Waals surface area contributed by atoms with Crippen LogP contribution in [0.25, 0.3) is 5.57 Å². The molecule has 2 heteroatoms. The van der Waals surface area contributed by atoms with Crippen molar-refractivity contribution < 1.29 is 0 Å². The van der Waals surface area contributed by atoms with Gasteiger partial charge in [-0.3, -0.25) is 0 Å². The highest BCUT2D eigenvalue weighted by Gasteiger charge is 2.32. The van der Waals surface area contributed by atoms with Crippen molar-refractivity contribution >= 4 is 5.57 Å². The molecule has 0 spiro atoms. The number of allylic oxidation sites excluding steroid dienone is 3. The fourth-order valence-electron chi connectivity index (χ4n) is 2.14. The highest BCUT2D eigenvalue weighted by Crippen LogP contribution is 2.35. The van der Waals surface area contributed by atoms with E-state index in [2.05, 4.69) is 18.7 Å². The molecule has 0 fully saturated rings. The molecule has 0 saturated heterocycles. The fourth-order valence-corrected chi connectivity index (χ4v) is 2.14. The van der Waals surface area contributed by atoms with Gasteiger partial charge in [-0.1, -0.05) is 43.0 Å². The molecule has 0 aromatic heterocycles. The van der Waals surface area contributed by atoms with Crippen LogP contribution in [0, 0.1) is 28.1 Å². The molecule has 1 aliphatic rings. The highest BCUT2D eigenvalue weighted by molar-refractivity contribution is 5.76. The summed E-state index contributed by atoms with van der Waals surface area (Å²) in [6.45, 7) is 3.79. The lowest BCUT2D eigenvalue weighted by Crippen LogP contribution is -2.18. The van der Waals surface area contributed by atoms with E-state index in [0.717, 1.165) is 16.7 Å². The lowest BCUT2D eigenvalue weighted by molar-refractivity contribution is 0.530. The van der Waals surface area contributed by atoms with Gasteiger partial charge < -0.3 is 0 Å². The molecule has 0 N–H and O–H groups in total. The summed E-state index contributed by atoms with van der Waals surface area (Å²) in [5.41, 5.74) is 2.18. The van der Waals surface area contributed by atoms with Gasteiger partial charge in [-0.2, -0.15) is 10.5 Å². The summed E-state index contributed by atoms with van der Waals surface area (Å²) in [7, 11) is 0. The van der Waals surface area contributed by atoms with Crippen LogP contribution in [0.2, 0.25) is 0 Å². The van der Waals surface area contributed by atoms with Gasteiger partial charge in [0.25, 0.3) is 0 Å². The van der Waals surface area contributed by atoms with Crippen molar-refractivity contribution in [1.82, 2.24) is 0 Å². The van der Waals surface area contributed by atoms with Crippen molar-refractivity contribution in [2.45, 2.75) is 12.8 Å². The van der Waals surface area contributed by atoms with E-state index in [0.29, 0.717) is 12.8 Å². The van der Waals surface area contributed by atoms with E-state index in [1.165, 1.54) is 0 Å². The minimum atomic E-state index is -0.944. The Hall–Kier alpha value is -2.32. The molecule has 1 aromatic carbocycles. The molecule has 0 radical (unpaired) electrons. The summed E-state index contributed by atoms with van der Waals surface area (Å²) in [4.78, 5) is 0. The topological polar surface area (TPSA) is 47.6 Å². The number of nitrogens with zero attached hydrogens (tertiary/aromatic N) is 2. The van der Waals surface area contributed by atoms with E-state index < -0.39 is 5.41 Å². The number of benzene rings is 1. The Morgan fingerprint density at radius 2 is 1.94 bits per heavy atom. The molecular formula is C15H12N2. The van der Waals surface area contributed by atoms with Crippen LogP contribution >= 0.6 is 0 Å². The first-order valence-electron chi connectivity index (χ1n) is 5.48. The zero-order valence-electron chi connectivity index (χ0n) is 9.48. The Labute approximate surface area is 101 Å². The van der Waals surface area contributed by atoms with Gasteiger partial charge in [0.05, 0.1) is 12.1 Å². The van der Waals surface area contributed by atoms with E-state index >= 15 is 0 Å². The van der Waals surface area contributed by atoms with E-state index in [4.69, 9.17) is 0 Å². The largest absolute Gasteiger partial charge is 0.197 e. The van der Waals surface area contributed by atoms with Crippen molar-refractivity contribution in [2.75, 3.05) is 0 Å². The minimum absolute atomic E-state index is 0.454. The molecule has 0 unspecified atom stereocenters. The third-order valence-electron chi connectivity index (χ3n) is 3.14. The quantitative estimate of drug-likeness (QED) is 0.729. The van der Waals surface area contributed by atoms with Gasteiger partial charge in [0.2, 0.25) is 0 Å². The lowest BCUT2D eigenvalue weighted by Gasteiger charge is -2.15. The van der Waals surface area contributed by atoms with Crippen LogP contribution in [0.3, 0.4) is 0 Å². The third-order valence-corrected chi connectivity index (χ3v) is 3.14. The molecule has 1 aliphatic carbocycles. The fraction of sp³-hybridized carbons (Fsp3) is 0.200. The molecule has 0 heterocycles. The normalized spacial score (nSPS) is 16.7. The Morgan fingerprint density at radius 3 is 2.59 bits per heavy atom. The molecule has 0 aliphatic heterocycles. The van der Waals surface area contributed by atoms with Gasteiger partial charge in [0.1, 0.15) is 0 Å². The van der Waals surface area contributed by atoms with E-state index in [1.807, 2.05) is 30.3 Å². The second-order valence-electron chi connectivity index (χ2n) is 4.21. The standard InChI is InChI=1S/C15H12N2/c1-2-12-7-8-15(10-16,11-17)9-13-5-3-4-6-14(12)13/h2-7H,1,8-9H2. The SMILES string of the molecule is C=CC1=CCC(C#N)(C#N)Cc2ccccc21. The van der Waals surface area contributed by atoms with Crippen molar-refractivity contribution in [2.24, 2.45) is 5.41 Å². The predicted molar refractivity (Wildman–Crippen MR) is 66.6 cm³/mol. The van der Waals surface area contributed by atoms with Crippen molar-refractivity contribution in [3.63, 3.8) is 0 Å². The zero-order chi connectivity index (χ0) is 12.3. The number of hydrogen-bond acceptors (Lipinski definition) is 2. The second-order valence-corrected chi connectivity index (χ2v) is 4.21. The summed E-state index contributed by atoms with van der Waals surface area (Å²) in [6.07, 6.45) is 4.65. The minimum Gasteiger partial charge on any atom is -0.197 e. The lowest BCUT2D eigenvalue weighted by atomic mass is 9.82. The summed E-state index contributed by atoms with van der Waals surface area (Å²) in [5, 5.41) is 18.4. The molecule has 0 bridgehead atoms. The molecule has 2 rings (SSSR count). The molecule has 0 amide bonds.